The Bertz CT molecular complexity index is 390. The van der Waals surface area contributed by atoms with Crippen molar-refractivity contribution in [2.24, 2.45) is 0 Å². The summed E-state index contributed by atoms with van der Waals surface area (Å²) in [7, 11) is 2.15. The Kier molecular flexibility index (Phi) is 6.99. The number of nitrogens with zero attached hydrogens (tertiary/aromatic N) is 2. The molecule has 3 heteroatoms. The number of hydrogen-bond acceptors (Lipinski definition) is 3. The highest BCUT2D eigenvalue weighted by molar-refractivity contribution is 5.28. The van der Waals surface area contributed by atoms with E-state index in [2.05, 4.69) is 31.9 Å². The largest absolute Gasteiger partial charge is 0.492 e. The topological polar surface area (TPSA) is 36.3 Å². The van der Waals surface area contributed by atoms with Crippen LogP contribution in [0, 0.1) is 11.3 Å². The molecule has 0 atom stereocenters. The Morgan fingerprint density at radius 3 is 2.37 bits per heavy atom. The molecular weight excluding hydrogens is 236 g/mol. The van der Waals surface area contributed by atoms with Crippen LogP contribution in [0.5, 0.6) is 5.75 Å². The van der Waals surface area contributed by atoms with Gasteiger partial charge in [-0.2, -0.15) is 5.26 Å². The molecule has 0 amide bonds. The number of rotatable bonds is 8. The van der Waals surface area contributed by atoms with Gasteiger partial charge in [0.1, 0.15) is 12.4 Å². The Balaban J connectivity index is 2.35. The first-order valence-corrected chi connectivity index (χ1v) is 7.00. The van der Waals surface area contributed by atoms with E-state index in [1.54, 1.807) is 0 Å². The van der Waals surface area contributed by atoms with Crippen molar-refractivity contribution in [3.05, 3.63) is 29.8 Å². The zero-order chi connectivity index (χ0) is 14.1. The van der Waals surface area contributed by atoms with Crippen LogP contribution >= 0.6 is 0 Å². The predicted molar refractivity (Wildman–Crippen MR) is 78.3 cm³/mol. The van der Waals surface area contributed by atoms with Crippen LogP contribution in [0.2, 0.25) is 0 Å². The van der Waals surface area contributed by atoms with Gasteiger partial charge in [-0.1, -0.05) is 26.0 Å². The minimum atomic E-state index is 0.456. The van der Waals surface area contributed by atoms with E-state index in [1.807, 2.05) is 24.3 Å². The molecule has 0 fully saturated rings. The van der Waals surface area contributed by atoms with Crippen molar-refractivity contribution in [3.63, 3.8) is 0 Å². The molecule has 0 aromatic heterocycles. The molecule has 1 aromatic carbocycles. The van der Waals surface area contributed by atoms with Gasteiger partial charge >= 0.3 is 0 Å². The average molecular weight is 260 g/mol. The average Bonchev–Trinajstić information content (AvgIpc) is 2.42. The summed E-state index contributed by atoms with van der Waals surface area (Å²) in [4.78, 5) is 2.35. The van der Waals surface area contributed by atoms with Crippen LogP contribution in [-0.4, -0.2) is 31.1 Å². The van der Waals surface area contributed by atoms with E-state index in [1.165, 1.54) is 12.8 Å². The van der Waals surface area contributed by atoms with Gasteiger partial charge < -0.3 is 9.64 Å². The van der Waals surface area contributed by atoms with Gasteiger partial charge in [-0.25, -0.2) is 0 Å². The third-order valence-corrected chi connectivity index (χ3v) is 3.49. The molecule has 0 saturated carbocycles. The van der Waals surface area contributed by atoms with Crippen LogP contribution in [0.4, 0.5) is 0 Å². The summed E-state index contributed by atoms with van der Waals surface area (Å²) in [5.41, 5.74) is 1.03. The van der Waals surface area contributed by atoms with E-state index < -0.39 is 0 Å². The minimum Gasteiger partial charge on any atom is -0.492 e. The van der Waals surface area contributed by atoms with Crippen molar-refractivity contribution in [1.29, 1.82) is 5.26 Å². The van der Waals surface area contributed by atoms with Crippen molar-refractivity contribution in [2.75, 3.05) is 20.2 Å². The van der Waals surface area contributed by atoms with Gasteiger partial charge in [-0.05, 0) is 37.6 Å². The van der Waals surface area contributed by atoms with Crippen molar-refractivity contribution in [2.45, 2.75) is 39.2 Å². The molecule has 0 unspecified atom stereocenters. The van der Waals surface area contributed by atoms with Gasteiger partial charge in [0, 0.05) is 12.6 Å². The number of hydrogen-bond donors (Lipinski definition) is 0. The number of nitriles is 1. The normalized spacial score (nSPS) is 10.7. The highest BCUT2D eigenvalue weighted by Gasteiger charge is 2.09. The first-order valence-electron chi connectivity index (χ1n) is 7.00. The van der Waals surface area contributed by atoms with E-state index in [0.717, 1.165) is 17.9 Å². The van der Waals surface area contributed by atoms with Crippen LogP contribution < -0.4 is 4.74 Å². The smallest absolute Gasteiger partial charge is 0.119 e. The van der Waals surface area contributed by atoms with Gasteiger partial charge in [0.15, 0.2) is 0 Å². The third-order valence-electron chi connectivity index (χ3n) is 3.49. The summed E-state index contributed by atoms with van der Waals surface area (Å²) >= 11 is 0. The molecule has 0 radical (unpaired) electrons. The molecule has 0 heterocycles. The lowest BCUT2D eigenvalue weighted by molar-refractivity contribution is 0.183. The van der Waals surface area contributed by atoms with E-state index in [4.69, 9.17) is 10.00 Å². The molecule has 1 rings (SSSR count). The first-order chi connectivity index (χ1) is 9.21. The fourth-order valence-corrected chi connectivity index (χ4v) is 2.20. The maximum absolute atomic E-state index is 8.60. The summed E-state index contributed by atoms with van der Waals surface area (Å²) in [5, 5.41) is 8.60. The fourth-order valence-electron chi connectivity index (χ4n) is 2.20. The highest BCUT2D eigenvalue weighted by atomic mass is 16.5. The molecule has 3 nitrogen and oxygen atoms in total. The lowest BCUT2D eigenvalue weighted by Crippen LogP contribution is -2.33. The van der Waals surface area contributed by atoms with E-state index in [9.17, 15) is 0 Å². The summed E-state index contributed by atoms with van der Waals surface area (Å²) in [6, 6.07) is 10.5. The van der Waals surface area contributed by atoms with Gasteiger partial charge in [0.25, 0.3) is 0 Å². The molecular formula is C16H24N2O. The van der Waals surface area contributed by atoms with Crippen LogP contribution in [0.1, 0.15) is 32.3 Å². The second-order valence-corrected chi connectivity index (χ2v) is 4.78. The second kappa shape index (κ2) is 8.55. The van der Waals surface area contributed by atoms with Crippen LogP contribution in [-0.2, 0) is 6.42 Å². The molecule has 0 aliphatic carbocycles. The summed E-state index contributed by atoms with van der Waals surface area (Å²) < 4.78 is 5.72. The predicted octanol–water partition coefficient (Wildman–Crippen LogP) is 3.25. The van der Waals surface area contributed by atoms with Gasteiger partial charge in [0.05, 0.1) is 12.5 Å². The maximum Gasteiger partial charge on any atom is 0.119 e. The van der Waals surface area contributed by atoms with Crippen molar-refractivity contribution in [3.8, 4) is 11.8 Å². The van der Waals surface area contributed by atoms with Crippen LogP contribution in [0.15, 0.2) is 24.3 Å². The standard InChI is InChI=1S/C16H24N2O/c1-4-15(5-2)18(3)12-13-19-16-8-6-14(7-9-16)10-11-17/h6-9,15H,4-5,10,12-13H2,1-3H3. The van der Waals surface area contributed by atoms with Crippen molar-refractivity contribution in [1.82, 2.24) is 4.90 Å². The monoisotopic (exact) mass is 260 g/mol. The molecule has 0 aliphatic rings. The molecule has 0 spiro atoms. The zero-order valence-corrected chi connectivity index (χ0v) is 12.2. The van der Waals surface area contributed by atoms with Crippen LogP contribution in [0.3, 0.4) is 0 Å². The molecule has 0 aliphatic heterocycles. The van der Waals surface area contributed by atoms with E-state index in [-0.39, 0.29) is 0 Å². The van der Waals surface area contributed by atoms with E-state index in [0.29, 0.717) is 19.1 Å². The van der Waals surface area contributed by atoms with Gasteiger partial charge in [-0.15, -0.1) is 0 Å². The number of benzene rings is 1. The fraction of sp³-hybridized carbons (Fsp3) is 0.562. The quantitative estimate of drug-likeness (QED) is 0.720. The number of ether oxygens (including phenoxy) is 1. The van der Waals surface area contributed by atoms with Crippen molar-refractivity contribution < 1.29 is 4.74 Å². The Morgan fingerprint density at radius 2 is 1.84 bits per heavy atom. The maximum atomic E-state index is 8.60. The summed E-state index contributed by atoms with van der Waals surface area (Å²) in [6.07, 6.45) is 2.81. The summed E-state index contributed by atoms with van der Waals surface area (Å²) in [5.74, 6) is 0.875. The van der Waals surface area contributed by atoms with Gasteiger partial charge in [0.2, 0.25) is 0 Å². The number of likely N-dealkylation sites (N-methyl/N-ethyl adjacent to an activating group) is 1. The van der Waals surface area contributed by atoms with Crippen molar-refractivity contribution >= 4 is 0 Å². The van der Waals surface area contributed by atoms with Crippen LogP contribution in [0.25, 0.3) is 0 Å². The molecule has 0 bridgehead atoms. The second-order valence-electron chi connectivity index (χ2n) is 4.78. The van der Waals surface area contributed by atoms with E-state index >= 15 is 0 Å². The first kappa shape index (κ1) is 15.5. The Labute approximate surface area is 116 Å². The molecule has 0 N–H and O–H groups in total. The Morgan fingerprint density at radius 1 is 1.21 bits per heavy atom. The Hall–Kier alpha value is -1.53. The zero-order valence-electron chi connectivity index (χ0n) is 12.2. The molecule has 19 heavy (non-hydrogen) atoms. The molecule has 1 aromatic rings. The minimum absolute atomic E-state index is 0.456. The lowest BCUT2D eigenvalue weighted by Gasteiger charge is -2.25. The molecule has 0 saturated heterocycles. The lowest BCUT2D eigenvalue weighted by atomic mass is 10.1. The third kappa shape index (κ3) is 5.32. The summed E-state index contributed by atoms with van der Waals surface area (Å²) in [6.45, 7) is 6.08. The van der Waals surface area contributed by atoms with Gasteiger partial charge in [-0.3, -0.25) is 0 Å². The molecule has 104 valence electrons. The highest BCUT2D eigenvalue weighted by Crippen LogP contribution is 2.13. The SMILES string of the molecule is CCC(CC)N(C)CCOc1ccc(CC#N)cc1.